The van der Waals surface area contributed by atoms with Gasteiger partial charge in [0.15, 0.2) is 0 Å². The average molecular weight is 268 g/mol. The molecule has 1 unspecified atom stereocenters. The maximum Gasteiger partial charge on any atom is 0.306 e. The average Bonchev–Trinajstić information content (AvgIpc) is 2.82. The Balaban J connectivity index is 1.68. The third kappa shape index (κ3) is 3.93. The molecule has 108 valence electrons. The Hall–Kier alpha value is -1.10. The Bertz CT molecular complexity index is 338. The minimum atomic E-state index is -0.715. The normalized spacial score (nSPS) is 32.2. The van der Waals surface area contributed by atoms with Gasteiger partial charge in [-0.3, -0.25) is 9.59 Å². The molecule has 0 bridgehead atoms. The predicted octanol–water partition coefficient (Wildman–Crippen LogP) is 0.945. The van der Waals surface area contributed by atoms with E-state index in [0.717, 1.165) is 26.1 Å². The van der Waals surface area contributed by atoms with Gasteiger partial charge >= 0.3 is 5.97 Å². The van der Waals surface area contributed by atoms with Crippen LogP contribution in [-0.2, 0) is 9.59 Å². The largest absolute Gasteiger partial charge is 0.481 e. The van der Waals surface area contributed by atoms with Gasteiger partial charge in [-0.25, -0.2) is 0 Å². The Kier molecular flexibility index (Phi) is 4.80. The van der Waals surface area contributed by atoms with Gasteiger partial charge in [0, 0.05) is 19.0 Å². The molecule has 1 aliphatic carbocycles. The summed E-state index contributed by atoms with van der Waals surface area (Å²) in [5.41, 5.74) is 0. The lowest BCUT2D eigenvalue weighted by Crippen LogP contribution is -2.37. The lowest BCUT2D eigenvalue weighted by Gasteiger charge is -2.25. The number of carboxylic acid groups (broad SMARTS) is 1. The van der Waals surface area contributed by atoms with Crippen LogP contribution in [0.3, 0.4) is 0 Å². The van der Waals surface area contributed by atoms with E-state index in [4.69, 9.17) is 5.11 Å². The summed E-state index contributed by atoms with van der Waals surface area (Å²) in [6.07, 6.45) is 3.86. The molecule has 1 atom stereocenters. The standard InChI is InChI=1S/C14H24N2O3/c1-16-7-6-10(9-16)8-15-13(17)11-2-4-12(5-3-11)14(18)19/h10-12H,2-9H2,1H3,(H,15,17)(H,18,19). The zero-order valence-corrected chi connectivity index (χ0v) is 11.6. The summed E-state index contributed by atoms with van der Waals surface area (Å²) in [4.78, 5) is 25.2. The molecule has 5 nitrogen and oxygen atoms in total. The van der Waals surface area contributed by atoms with Crippen molar-refractivity contribution in [2.24, 2.45) is 17.8 Å². The molecule has 19 heavy (non-hydrogen) atoms. The van der Waals surface area contributed by atoms with E-state index in [1.807, 2.05) is 0 Å². The molecule has 1 heterocycles. The van der Waals surface area contributed by atoms with Gasteiger partial charge in [0.1, 0.15) is 0 Å². The first-order chi connectivity index (χ1) is 9.06. The second-order valence-corrected chi connectivity index (χ2v) is 6.05. The highest BCUT2D eigenvalue weighted by Crippen LogP contribution is 2.29. The van der Waals surface area contributed by atoms with Crippen LogP contribution in [0.25, 0.3) is 0 Å². The number of hydrogen-bond acceptors (Lipinski definition) is 3. The minimum absolute atomic E-state index is 0.0229. The molecule has 1 saturated heterocycles. The van der Waals surface area contributed by atoms with Crippen LogP contribution < -0.4 is 5.32 Å². The van der Waals surface area contributed by atoms with E-state index >= 15 is 0 Å². The highest BCUT2D eigenvalue weighted by molar-refractivity contribution is 5.79. The van der Waals surface area contributed by atoms with E-state index in [1.54, 1.807) is 0 Å². The lowest BCUT2D eigenvalue weighted by atomic mass is 9.81. The highest BCUT2D eigenvalue weighted by Gasteiger charge is 2.30. The Morgan fingerprint density at radius 1 is 1.16 bits per heavy atom. The van der Waals surface area contributed by atoms with E-state index in [2.05, 4.69) is 17.3 Å². The van der Waals surface area contributed by atoms with Gasteiger partial charge in [-0.1, -0.05) is 0 Å². The molecule has 5 heteroatoms. The first kappa shape index (κ1) is 14.3. The van der Waals surface area contributed by atoms with Gasteiger partial charge in [0.2, 0.25) is 5.91 Å². The van der Waals surface area contributed by atoms with Crippen LogP contribution in [-0.4, -0.2) is 48.6 Å². The summed E-state index contributed by atoms with van der Waals surface area (Å²) in [6, 6.07) is 0. The Labute approximate surface area is 114 Å². The summed E-state index contributed by atoms with van der Waals surface area (Å²) in [5, 5.41) is 12.0. The van der Waals surface area contributed by atoms with Crippen LogP contribution in [0.15, 0.2) is 0 Å². The SMILES string of the molecule is CN1CCC(CNC(=O)C2CCC(C(=O)O)CC2)C1. The number of carboxylic acids is 1. The molecular weight excluding hydrogens is 244 g/mol. The second kappa shape index (κ2) is 6.37. The van der Waals surface area contributed by atoms with Crippen LogP contribution in [0.4, 0.5) is 0 Å². The number of likely N-dealkylation sites (tertiary alicyclic amines) is 1. The molecule has 0 aromatic heterocycles. The van der Waals surface area contributed by atoms with Crippen molar-refractivity contribution in [3.05, 3.63) is 0 Å². The smallest absolute Gasteiger partial charge is 0.306 e. The Morgan fingerprint density at radius 2 is 1.79 bits per heavy atom. The summed E-state index contributed by atoms with van der Waals surface area (Å²) in [7, 11) is 2.11. The molecule has 0 aromatic rings. The maximum absolute atomic E-state index is 12.0. The van der Waals surface area contributed by atoms with Gasteiger partial charge in [0.25, 0.3) is 0 Å². The van der Waals surface area contributed by atoms with Gasteiger partial charge in [-0.05, 0) is 51.6 Å². The number of nitrogens with zero attached hydrogens (tertiary/aromatic N) is 1. The number of rotatable bonds is 4. The fourth-order valence-corrected chi connectivity index (χ4v) is 3.18. The second-order valence-electron chi connectivity index (χ2n) is 6.05. The number of hydrogen-bond donors (Lipinski definition) is 2. The lowest BCUT2D eigenvalue weighted by molar-refractivity contribution is -0.144. The predicted molar refractivity (Wildman–Crippen MR) is 71.7 cm³/mol. The molecule has 0 spiro atoms. The topological polar surface area (TPSA) is 69.6 Å². The first-order valence-electron chi connectivity index (χ1n) is 7.25. The van der Waals surface area contributed by atoms with Crippen LogP contribution in [0.2, 0.25) is 0 Å². The summed E-state index contributed by atoms with van der Waals surface area (Å²) in [5.74, 6) is -0.238. The third-order valence-electron chi connectivity index (χ3n) is 4.50. The third-order valence-corrected chi connectivity index (χ3v) is 4.50. The number of aliphatic carboxylic acids is 1. The van der Waals surface area contributed by atoms with Crippen molar-refractivity contribution in [1.29, 1.82) is 0 Å². The first-order valence-corrected chi connectivity index (χ1v) is 7.25. The van der Waals surface area contributed by atoms with E-state index in [1.165, 1.54) is 0 Å². The quantitative estimate of drug-likeness (QED) is 0.796. The molecule has 1 amide bonds. The minimum Gasteiger partial charge on any atom is -0.481 e. The molecule has 2 N–H and O–H groups in total. The van der Waals surface area contributed by atoms with Crippen molar-refractivity contribution < 1.29 is 14.7 Å². The molecule has 0 radical (unpaired) electrons. The molecule has 1 aliphatic heterocycles. The molecule has 2 fully saturated rings. The zero-order chi connectivity index (χ0) is 13.8. The highest BCUT2D eigenvalue weighted by atomic mass is 16.4. The van der Waals surface area contributed by atoms with Crippen molar-refractivity contribution in [2.75, 3.05) is 26.7 Å². The number of carbonyl (C=O) groups excluding carboxylic acids is 1. The van der Waals surface area contributed by atoms with Crippen LogP contribution in [0.5, 0.6) is 0 Å². The number of carbonyl (C=O) groups is 2. The zero-order valence-electron chi connectivity index (χ0n) is 11.6. The van der Waals surface area contributed by atoms with Crippen molar-refractivity contribution in [2.45, 2.75) is 32.1 Å². The van der Waals surface area contributed by atoms with Crippen molar-refractivity contribution >= 4 is 11.9 Å². The van der Waals surface area contributed by atoms with Gasteiger partial charge in [0.05, 0.1) is 5.92 Å². The summed E-state index contributed by atoms with van der Waals surface area (Å²) < 4.78 is 0. The van der Waals surface area contributed by atoms with Crippen LogP contribution >= 0.6 is 0 Å². The summed E-state index contributed by atoms with van der Waals surface area (Å²) >= 11 is 0. The maximum atomic E-state index is 12.0. The monoisotopic (exact) mass is 268 g/mol. The fraction of sp³-hybridized carbons (Fsp3) is 0.857. The van der Waals surface area contributed by atoms with E-state index in [-0.39, 0.29) is 17.7 Å². The molecule has 1 saturated carbocycles. The van der Waals surface area contributed by atoms with Crippen molar-refractivity contribution in [3.63, 3.8) is 0 Å². The van der Waals surface area contributed by atoms with Gasteiger partial charge in [-0.2, -0.15) is 0 Å². The molecular formula is C14H24N2O3. The van der Waals surface area contributed by atoms with Crippen LogP contribution in [0.1, 0.15) is 32.1 Å². The van der Waals surface area contributed by atoms with Gasteiger partial charge in [-0.15, -0.1) is 0 Å². The van der Waals surface area contributed by atoms with Gasteiger partial charge < -0.3 is 15.3 Å². The molecule has 2 rings (SSSR count). The van der Waals surface area contributed by atoms with Crippen molar-refractivity contribution in [3.8, 4) is 0 Å². The van der Waals surface area contributed by atoms with E-state index < -0.39 is 5.97 Å². The fourth-order valence-electron chi connectivity index (χ4n) is 3.18. The van der Waals surface area contributed by atoms with E-state index in [9.17, 15) is 9.59 Å². The van der Waals surface area contributed by atoms with Crippen molar-refractivity contribution in [1.82, 2.24) is 10.2 Å². The summed E-state index contributed by atoms with van der Waals surface area (Å²) in [6.45, 7) is 2.94. The number of nitrogens with one attached hydrogen (secondary N) is 1. The molecule has 2 aliphatic rings. The Morgan fingerprint density at radius 3 is 2.32 bits per heavy atom. The molecule has 0 aromatic carbocycles. The van der Waals surface area contributed by atoms with Crippen LogP contribution in [0, 0.1) is 17.8 Å². The number of amides is 1. The van der Waals surface area contributed by atoms with E-state index in [0.29, 0.717) is 31.6 Å².